The monoisotopic (exact) mass is 654 g/mol. The van der Waals surface area contributed by atoms with Gasteiger partial charge in [-0.2, -0.15) is 0 Å². The normalized spacial score (nSPS) is 11.9. The van der Waals surface area contributed by atoms with E-state index in [1.807, 2.05) is 43.5 Å². The number of pyridine rings is 2. The molecule has 0 radical (unpaired) electrons. The summed E-state index contributed by atoms with van der Waals surface area (Å²) in [6.07, 6.45) is 1.82. The highest BCUT2D eigenvalue weighted by atomic mass is 14.9. The van der Waals surface area contributed by atoms with Crippen LogP contribution in [0.4, 0.5) is 0 Å². The first-order chi connectivity index (χ1) is 25.1. The molecule has 0 aliphatic rings. The van der Waals surface area contributed by atoms with Crippen molar-refractivity contribution in [2.45, 2.75) is 6.92 Å². The topological polar surface area (TPSA) is 50.5 Å². The first-order valence-electron chi connectivity index (χ1n) is 17.0. The van der Waals surface area contributed by atoms with Crippen molar-refractivity contribution in [2.24, 2.45) is 9.98 Å². The SMILES string of the molecule is C=C(N=C(N=C(C)c1ccccc1)c1ccc(-c2ccc(-c3ccc4ccc5cccnc5c4n3)cc2)cc1)c1ccc(-c2ccccc2)cc1. The number of fused-ring (bicyclic) bond motifs is 3. The molecule has 0 amide bonds. The van der Waals surface area contributed by atoms with Gasteiger partial charge in [0.05, 0.1) is 22.4 Å². The van der Waals surface area contributed by atoms with E-state index in [2.05, 4.69) is 151 Å². The summed E-state index contributed by atoms with van der Waals surface area (Å²) in [6, 6.07) is 58.3. The van der Waals surface area contributed by atoms with E-state index in [0.29, 0.717) is 11.5 Å². The van der Waals surface area contributed by atoms with Crippen LogP contribution in [-0.4, -0.2) is 21.5 Å². The molecule has 8 rings (SSSR count). The van der Waals surface area contributed by atoms with Crippen LogP contribution in [0.25, 0.3) is 61.0 Å². The Kier molecular flexibility index (Phi) is 8.63. The Bertz CT molecular complexity index is 2550. The van der Waals surface area contributed by atoms with Crippen molar-refractivity contribution in [1.29, 1.82) is 0 Å². The van der Waals surface area contributed by atoms with Gasteiger partial charge < -0.3 is 0 Å². The first kappa shape index (κ1) is 31.5. The zero-order valence-electron chi connectivity index (χ0n) is 28.2. The second-order valence-electron chi connectivity index (χ2n) is 12.5. The summed E-state index contributed by atoms with van der Waals surface area (Å²) in [4.78, 5) is 19.7. The molecule has 51 heavy (non-hydrogen) atoms. The van der Waals surface area contributed by atoms with E-state index in [-0.39, 0.29) is 0 Å². The average Bonchev–Trinajstić information content (AvgIpc) is 3.21. The number of nitrogens with zero attached hydrogens (tertiary/aromatic N) is 4. The number of aromatic nitrogens is 2. The van der Waals surface area contributed by atoms with Crippen LogP contribution in [0.1, 0.15) is 23.6 Å². The van der Waals surface area contributed by atoms with E-state index in [9.17, 15) is 0 Å². The van der Waals surface area contributed by atoms with E-state index >= 15 is 0 Å². The lowest BCUT2D eigenvalue weighted by atomic mass is 10.0. The quantitative estimate of drug-likeness (QED) is 0.0975. The molecule has 0 bridgehead atoms. The van der Waals surface area contributed by atoms with Gasteiger partial charge in [0.1, 0.15) is 0 Å². The number of aliphatic imine (C=N–C) groups is 2. The third-order valence-corrected chi connectivity index (χ3v) is 9.12. The summed E-state index contributed by atoms with van der Waals surface area (Å²) in [5, 5.41) is 2.17. The maximum Gasteiger partial charge on any atom is 0.160 e. The Morgan fingerprint density at radius 3 is 1.65 bits per heavy atom. The highest BCUT2D eigenvalue weighted by Gasteiger charge is 2.10. The van der Waals surface area contributed by atoms with Crippen LogP contribution in [0.5, 0.6) is 0 Å². The Hall–Kier alpha value is -6.78. The number of benzene rings is 6. The minimum atomic E-state index is 0.611. The van der Waals surface area contributed by atoms with Crippen molar-refractivity contribution >= 4 is 39.1 Å². The number of rotatable bonds is 7. The third-order valence-electron chi connectivity index (χ3n) is 9.12. The minimum Gasteiger partial charge on any atom is -0.254 e. The molecule has 0 unspecified atom stereocenters. The molecule has 0 fully saturated rings. The van der Waals surface area contributed by atoms with Gasteiger partial charge in [-0.25, -0.2) is 15.0 Å². The van der Waals surface area contributed by atoms with Gasteiger partial charge in [0.25, 0.3) is 0 Å². The van der Waals surface area contributed by atoms with Crippen LogP contribution in [0.3, 0.4) is 0 Å². The van der Waals surface area contributed by atoms with E-state index < -0.39 is 0 Å². The number of amidine groups is 1. The summed E-state index contributed by atoms with van der Waals surface area (Å²) in [7, 11) is 0. The van der Waals surface area contributed by atoms with Crippen LogP contribution in [0, 0.1) is 0 Å². The lowest BCUT2D eigenvalue weighted by Gasteiger charge is -2.10. The molecule has 0 aliphatic carbocycles. The predicted octanol–water partition coefficient (Wildman–Crippen LogP) is 11.7. The number of hydrogen-bond donors (Lipinski definition) is 0. The molecule has 0 saturated heterocycles. The van der Waals surface area contributed by atoms with Crippen molar-refractivity contribution in [2.75, 3.05) is 0 Å². The van der Waals surface area contributed by atoms with E-state index in [4.69, 9.17) is 15.0 Å². The van der Waals surface area contributed by atoms with Crippen molar-refractivity contribution in [3.8, 4) is 33.5 Å². The molecule has 0 atom stereocenters. The largest absolute Gasteiger partial charge is 0.254 e. The van der Waals surface area contributed by atoms with Gasteiger partial charge >= 0.3 is 0 Å². The molecule has 0 saturated carbocycles. The summed E-state index contributed by atoms with van der Waals surface area (Å²) in [5.41, 5.74) is 12.8. The second kappa shape index (κ2) is 14.0. The van der Waals surface area contributed by atoms with E-state index in [1.165, 1.54) is 5.56 Å². The standard InChI is InChI=1S/C47H34N4/c1-32(34-10-5-3-6-11-34)49-47(50-33(2)35-15-17-37(18-16-35)36-12-7-4-8-13-36)43-27-21-39(22-28-43)38-19-23-40(24-20-38)44-30-29-42-26-25-41-14-9-31-48-45(41)46(42)51-44/h3-31H,2H2,1H3. The van der Waals surface area contributed by atoms with Crippen LogP contribution in [-0.2, 0) is 0 Å². The highest BCUT2D eigenvalue weighted by molar-refractivity contribution is 6.12. The van der Waals surface area contributed by atoms with Crippen molar-refractivity contribution in [1.82, 2.24) is 9.97 Å². The van der Waals surface area contributed by atoms with Gasteiger partial charge in [-0.15, -0.1) is 0 Å². The maximum atomic E-state index is 5.03. The number of hydrogen-bond acceptors (Lipinski definition) is 3. The highest BCUT2D eigenvalue weighted by Crippen LogP contribution is 2.29. The lowest BCUT2D eigenvalue weighted by Crippen LogP contribution is -2.04. The van der Waals surface area contributed by atoms with Gasteiger partial charge in [-0.05, 0) is 52.4 Å². The van der Waals surface area contributed by atoms with Crippen LogP contribution in [0.2, 0.25) is 0 Å². The fourth-order valence-corrected chi connectivity index (χ4v) is 6.26. The van der Waals surface area contributed by atoms with Crippen LogP contribution >= 0.6 is 0 Å². The molecule has 0 aliphatic heterocycles. The zero-order valence-corrected chi connectivity index (χ0v) is 28.2. The van der Waals surface area contributed by atoms with E-state index in [0.717, 1.165) is 72.2 Å². The second-order valence-corrected chi connectivity index (χ2v) is 12.5. The molecule has 2 aromatic heterocycles. The van der Waals surface area contributed by atoms with Gasteiger partial charge in [-0.3, -0.25) is 4.98 Å². The zero-order chi connectivity index (χ0) is 34.6. The minimum absolute atomic E-state index is 0.611. The summed E-state index contributed by atoms with van der Waals surface area (Å²) >= 11 is 0. The van der Waals surface area contributed by atoms with Gasteiger partial charge in [0, 0.05) is 33.8 Å². The molecule has 0 spiro atoms. The molecule has 8 aromatic rings. The molecule has 4 nitrogen and oxygen atoms in total. The predicted molar refractivity (Wildman–Crippen MR) is 214 cm³/mol. The maximum absolute atomic E-state index is 5.03. The van der Waals surface area contributed by atoms with Crippen molar-refractivity contribution < 1.29 is 0 Å². The molecular formula is C47H34N4. The Balaban J connectivity index is 1.08. The fraction of sp³-hybridized carbons (Fsp3) is 0.0213. The summed E-state index contributed by atoms with van der Waals surface area (Å²) in [5.74, 6) is 0.611. The molecular weight excluding hydrogens is 621 g/mol. The van der Waals surface area contributed by atoms with Crippen molar-refractivity contribution in [3.05, 3.63) is 199 Å². The van der Waals surface area contributed by atoms with E-state index in [1.54, 1.807) is 0 Å². The van der Waals surface area contributed by atoms with Gasteiger partial charge in [0.15, 0.2) is 5.84 Å². The van der Waals surface area contributed by atoms with Crippen molar-refractivity contribution in [3.63, 3.8) is 0 Å². The molecule has 242 valence electrons. The molecule has 2 heterocycles. The molecule has 6 aromatic carbocycles. The third kappa shape index (κ3) is 6.76. The fourth-order valence-electron chi connectivity index (χ4n) is 6.26. The Morgan fingerprint density at radius 1 is 0.451 bits per heavy atom. The van der Waals surface area contributed by atoms with Crippen LogP contribution < -0.4 is 0 Å². The summed E-state index contributed by atoms with van der Waals surface area (Å²) in [6.45, 7) is 6.35. The average molecular weight is 655 g/mol. The first-order valence-corrected chi connectivity index (χ1v) is 17.0. The summed E-state index contributed by atoms with van der Waals surface area (Å²) < 4.78 is 0. The lowest BCUT2D eigenvalue weighted by molar-refractivity contribution is 1.37. The smallest absolute Gasteiger partial charge is 0.160 e. The Morgan fingerprint density at radius 2 is 0.980 bits per heavy atom. The van der Waals surface area contributed by atoms with Gasteiger partial charge in [-0.1, -0.05) is 164 Å². The molecule has 0 N–H and O–H groups in total. The Labute approximate surface area is 297 Å². The molecule has 4 heteroatoms. The van der Waals surface area contributed by atoms with Crippen LogP contribution in [0.15, 0.2) is 193 Å². The van der Waals surface area contributed by atoms with Gasteiger partial charge in [0.2, 0.25) is 0 Å².